The average Bonchev–Trinajstić information content (AvgIpc) is 2.93. The van der Waals surface area contributed by atoms with Gasteiger partial charge in [-0.05, 0) is 38.5 Å². The smallest absolute Gasteiger partial charge is 0.407 e. The van der Waals surface area contributed by atoms with Crippen molar-refractivity contribution in [1.82, 2.24) is 10.3 Å². The Hall–Kier alpha value is -2.58. The molecule has 2 aromatic rings. The second kappa shape index (κ2) is 7.12. The van der Waals surface area contributed by atoms with Gasteiger partial charge in [0.25, 0.3) is 0 Å². The van der Waals surface area contributed by atoms with Crippen LogP contribution in [0.15, 0.2) is 24.3 Å². The fraction of sp³-hybridized carbons (Fsp3) is 0.412. The third-order valence-corrected chi connectivity index (χ3v) is 3.44. The fourth-order valence-electron chi connectivity index (χ4n) is 2.28. The number of carboxylic acid groups (broad SMARTS) is 1. The Labute approximate surface area is 144 Å². The Morgan fingerprint density at radius 1 is 1.24 bits per heavy atom. The van der Waals surface area contributed by atoms with Crippen LogP contribution in [0.5, 0.6) is 0 Å². The minimum absolute atomic E-state index is 0.0359. The molecule has 0 aliphatic heterocycles. The van der Waals surface area contributed by atoms with Gasteiger partial charge in [-0.15, -0.1) is 0 Å². The van der Waals surface area contributed by atoms with E-state index >= 15 is 0 Å². The highest BCUT2D eigenvalue weighted by atomic mass is 16.6. The van der Waals surface area contributed by atoms with Gasteiger partial charge in [-0.2, -0.15) is 0 Å². The first-order valence-corrected chi connectivity index (χ1v) is 7.76. The Morgan fingerprint density at radius 3 is 2.52 bits per heavy atom. The molecule has 0 saturated heterocycles. The number of ether oxygens (including phenoxy) is 1. The first-order valence-electron chi connectivity index (χ1n) is 7.76. The molecule has 0 fully saturated rings. The lowest BCUT2D eigenvalue weighted by Crippen LogP contribution is -2.38. The molecule has 0 aliphatic carbocycles. The van der Waals surface area contributed by atoms with Gasteiger partial charge in [-0.25, -0.2) is 9.59 Å². The molecule has 0 radical (unpaired) electrons. The van der Waals surface area contributed by atoms with Crippen molar-refractivity contribution in [3.63, 3.8) is 0 Å². The molecule has 2 atom stereocenters. The summed E-state index contributed by atoms with van der Waals surface area (Å²) in [6.07, 6.45) is -3.19. The zero-order valence-electron chi connectivity index (χ0n) is 14.2. The quantitative estimate of drug-likeness (QED) is 0.558. The minimum Gasteiger partial charge on any atom is -0.477 e. The van der Waals surface area contributed by atoms with Crippen LogP contribution in [0.1, 0.15) is 42.9 Å². The van der Waals surface area contributed by atoms with Crippen LogP contribution in [0.25, 0.3) is 10.9 Å². The number of alkyl carbamates (subject to hydrolysis) is 1. The lowest BCUT2D eigenvalue weighted by atomic mass is 10.0. The molecule has 1 heterocycles. The maximum atomic E-state index is 11.6. The van der Waals surface area contributed by atoms with Crippen LogP contribution in [0.2, 0.25) is 0 Å². The number of carboxylic acids is 1. The number of carbonyl (C=O) groups is 2. The van der Waals surface area contributed by atoms with Crippen molar-refractivity contribution in [2.24, 2.45) is 0 Å². The highest BCUT2D eigenvalue weighted by Gasteiger charge is 2.22. The van der Waals surface area contributed by atoms with Crippen molar-refractivity contribution in [1.29, 1.82) is 0 Å². The number of benzene rings is 1. The summed E-state index contributed by atoms with van der Waals surface area (Å²) in [4.78, 5) is 25.3. The van der Waals surface area contributed by atoms with Crippen LogP contribution in [-0.2, 0) is 4.74 Å². The molecule has 0 spiro atoms. The van der Waals surface area contributed by atoms with Crippen LogP contribution in [0.4, 0.5) is 4.79 Å². The van der Waals surface area contributed by atoms with Gasteiger partial charge in [-0.1, -0.05) is 12.1 Å². The van der Waals surface area contributed by atoms with E-state index in [9.17, 15) is 19.8 Å². The number of fused-ring (bicyclic) bond motifs is 1. The van der Waals surface area contributed by atoms with Gasteiger partial charge >= 0.3 is 12.1 Å². The maximum Gasteiger partial charge on any atom is 0.407 e. The second-order valence-electron chi connectivity index (χ2n) is 6.73. The van der Waals surface area contributed by atoms with Crippen molar-refractivity contribution in [3.05, 3.63) is 35.5 Å². The highest BCUT2D eigenvalue weighted by Crippen LogP contribution is 2.23. The molecular weight excluding hydrogens is 328 g/mol. The monoisotopic (exact) mass is 350 g/mol. The van der Waals surface area contributed by atoms with Crippen molar-refractivity contribution in [3.8, 4) is 0 Å². The van der Waals surface area contributed by atoms with Gasteiger partial charge in [0.05, 0.1) is 0 Å². The number of nitrogens with one attached hydrogen (secondary N) is 2. The van der Waals surface area contributed by atoms with Crippen molar-refractivity contribution in [2.75, 3.05) is 6.54 Å². The Balaban J connectivity index is 2.03. The zero-order valence-corrected chi connectivity index (χ0v) is 14.2. The minimum atomic E-state index is -1.25. The van der Waals surface area contributed by atoms with Crippen LogP contribution < -0.4 is 5.32 Å². The fourth-order valence-corrected chi connectivity index (χ4v) is 2.28. The molecule has 0 aliphatic rings. The molecule has 2 rings (SSSR count). The molecule has 1 amide bonds. The number of hydrogen-bond acceptors (Lipinski definition) is 5. The normalized spacial score (nSPS) is 14.1. The van der Waals surface area contributed by atoms with Gasteiger partial charge in [0.15, 0.2) is 0 Å². The summed E-state index contributed by atoms with van der Waals surface area (Å²) in [5.74, 6) is -1.08. The zero-order chi connectivity index (χ0) is 18.8. The van der Waals surface area contributed by atoms with Gasteiger partial charge in [0, 0.05) is 17.4 Å². The van der Waals surface area contributed by atoms with Crippen molar-refractivity contribution in [2.45, 2.75) is 38.6 Å². The van der Waals surface area contributed by atoms with E-state index in [2.05, 4.69) is 10.3 Å². The molecule has 8 nitrogen and oxygen atoms in total. The van der Waals surface area contributed by atoms with Gasteiger partial charge in [0.1, 0.15) is 23.5 Å². The second-order valence-corrected chi connectivity index (χ2v) is 6.73. The first kappa shape index (κ1) is 18.8. The molecule has 5 N–H and O–H groups in total. The number of carbonyl (C=O) groups excluding carboxylic acids is 1. The average molecular weight is 350 g/mol. The van der Waals surface area contributed by atoms with E-state index in [0.29, 0.717) is 16.5 Å². The number of aliphatic hydroxyl groups excluding tert-OH is 2. The summed E-state index contributed by atoms with van der Waals surface area (Å²) < 4.78 is 5.05. The molecule has 0 saturated carbocycles. The van der Waals surface area contributed by atoms with Crippen LogP contribution in [0, 0.1) is 0 Å². The van der Waals surface area contributed by atoms with Crippen LogP contribution in [0.3, 0.4) is 0 Å². The number of hydrogen-bond donors (Lipinski definition) is 5. The number of rotatable bonds is 5. The molecule has 0 bridgehead atoms. The van der Waals surface area contributed by atoms with Crippen LogP contribution >= 0.6 is 0 Å². The Morgan fingerprint density at radius 2 is 1.92 bits per heavy atom. The molecule has 136 valence electrons. The lowest BCUT2D eigenvalue weighted by Gasteiger charge is -2.22. The molecule has 25 heavy (non-hydrogen) atoms. The molecule has 1 aromatic carbocycles. The summed E-state index contributed by atoms with van der Waals surface area (Å²) in [6, 6.07) is 6.27. The van der Waals surface area contributed by atoms with Gasteiger partial charge in [-0.3, -0.25) is 0 Å². The van der Waals surface area contributed by atoms with Gasteiger partial charge in [0.2, 0.25) is 0 Å². The van der Waals surface area contributed by atoms with E-state index < -0.39 is 29.9 Å². The molecule has 2 unspecified atom stereocenters. The predicted octanol–water partition coefficient (Wildman–Crippen LogP) is 1.79. The number of amides is 1. The summed E-state index contributed by atoms with van der Waals surface area (Å²) in [6.45, 7) is 4.96. The highest BCUT2D eigenvalue weighted by molar-refractivity contribution is 5.93. The summed E-state index contributed by atoms with van der Waals surface area (Å²) >= 11 is 0. The third kappa shape index (κ3) is 4.94. The Bertz CT molecular complexity index is 777. The summed E-state index contributed by atoms with van der Waals surface area (Å²) in [5.41, 5.74) is 0.300. The maximum absolute atomic E-state index is 11.6. The number of aromatic nitrogens is 1. The van der Waals surface area contributed by atoms with E-state index in [-0.39, 0.29) is 12.2 Å². The first-order chi connectivity index (χ1) is 11.6. The van der Waals surface area contributed by atoms with Crippen LogP contribution in [-0.4, -0.2) is 50.6 Å². The van der Waals surface area contributed by atoms with Gasteiger partial charge < -0.3 is 30.4 Å². The lowest BCUT2D eigenvalue weighted by molar-refractivity contribution is 0.0130. The van der Waals surface area contributed by atoms with E-state index in [1.54, 1.807) is 39.0 Å². The topological polar surface area (TPSA) is 132 Å². The van der Waals surface area contributed by atoms with Crippen molar-refractivity contribution < 1.29 is 29.6 Å². The number of aliphatic hydroxyl groups is 2. The third-order valence-electron chi connectivity index (χ3n) is 3.44. The van der Waals surface area contributed by atoms with E-state index in [1.165, 1.54) is 6.07 Å². The summed E-state index contributed by atoms with van der Waals surface area (Å²) in [7, 11) is 0. The van der Waals surface area contributed by atoms with E-state index in [1.807, 2.05) is 0 Å². The number of aromatic amines is 1. The standard InChI is InChI=1S/C17H22N2O6/c1-17(2,3)25-16(24)18-8-13(20)14(21)10-5-4-9-6-12(15(22)23)19-11(9)7-10/h4-7,13-14,19-21H,8H2,1-3H3,(H,18,24)(H,22,23). The molecule has 8 heteroatoms. The molecular formula is C17H22N2O6. The van der Waals surface area contributed by atoms with E-state index in [4.69, 9.17) is 9.84 Å². The SMILES string of the molecule is CC(C)(C)OC(=O)NCC(O)C(O)c1ccc2cc(C(=O)O)[nH]c2c1. The van der Waals surface area contributed by atoms with Crippen molar-refractivity contribution >= 4 is 23.0 Å². The Kier molecular flexibility index (Phi) is 5.34. The largest absolute Gasteiger partial charge is 0.477 e. The summed E-state index contributed by atoms with van der Waals surface area (Å²) in [5, 5.41) is 32.3. The molecule has 1 aromatic heterocycles. The number of aromatic carboxylic acids is 1. The number of H-pyrrole nitrogens is 1. The van der Waals surface area contributed by atoms with E-state index in [0.717, 1.165) is 0 Å². The predicted molar refractivity (Wildman–Crippen MR) is 90.5 cm³/mol.